The summed E-state index contributed by atoms with van der Waals surface area (Å²) in [6.07, 6.45) is -0.684. The summed E-state index contributed by atoms with van der Waals surface area (Å²) in [7, 11) is 0. The lowest BCUT2D eigenvalue weighted by Gasteiger charge is -2.23. The molecule has 0 saturated carbocycles. The van der Waals surface area contributed by atoms with Crippen LogP contribution in [0.4, 0.5) is 4.79 Å². The largest absolute Gasteiger partial charge is 0.441 e. The number of cyclic esters (lactones) is 1. The van der Waals surface area contributed by atoms with Gasteiger partial charge in [-0.1, -0.05) is 0 Å². The fraction of sp³-hybridized carbons (Fsp3) is 0.875. The highest BCUT2D eigenvalue weighted by atomic mass is 16.6. The van der Waals surface area contributed by atoms with Gasteiger partial charge >= 0.3 is 6.09 Å². The van der Waals surface area contributed by atoms with Crippen LogP contribution in [0.3, 0.4) is 0 Å². The van der Waals surface area contributed by atoms with E-state index >= 15 is 0 Å². The van der Waals surface area contributed by atoms with E-state index in [0.29, 0.717) is 0 Å². The lowest BCUT2D eigenvalue weighted by atomic mass is 10.1. The maximum Gasteiger partial charge on any atom is 0.410 e. The summed E-state index contributed by atoms with van der Waals surface area (Å²) in [4.78, 5) is 12.8. The van der Waals surface area contributed by atoms with E-state index < -0.39 is 0 Å². The average molecular weight is 173 g/mol. The summed E-state index contributed by atoms with van der Waals surface area (Å²) in [5, 5.41) is 8.85. The molecule has 0 aromatic heterocycles. The number of carbonyl (C=O) groups excluding carboxylic acids is 1. The molecule has 1 saturated heterocycles. The average Bonchev–Trinajstić information content (AvgIpc) is 2.25. The summed E-state index contributed by atoms with van der Waals surface area (Å²) in [5.74, 6) is 0. The standard InChI is InChI=1S/C8H15NO3/c1-5(2)9-6(3)7(4-10)12-8(9)11/h5-7,10H,4H2,1-3H3. The summed E-state index contributed by atoms with van der Waals surface area (Å²) >= 11 is 0. The van der Waals surface area contributed by atoms with Gasteiger partial charge in [-0.25, -0.2) is 4.79 Å². The van der Waals surface area contributed by atoms with Crippen molar-refractivity contribution in [2.75, 3.05) is 6.61 Å². The highest BCUT2D eigenvalue weighted by molar-refractivity contribution is 5.71. The smallest absolute Gasteiger partial charge is 0.410 e. The zero-order valence-electron chi connectivity index (χ0n) is 7.65. The quantitative estimate of drug-likeness (QED) is 0.665. The number of rotatable bonds is 2. The number of aliphatic hydroxyl groups is 1. The summed E-state index contributed by atoms with van der Waals surface area (Å²) < 4.78 is 4.93. The molecule has 1 fully saturated rings. The van der Waals surface area contributed by atoms with E-state index in [2.05, 4.69) is 0 Å². The molecule has 4 heteroatoms. The second-order valence-electron chi connectivity index (χ2n) is 3.35. The van der Waals surface area contributed by atoms with Gasteiger partial charge in [0.2, 0.25) is 0 Å². The van der Waals surface area contributed by atoms with Crippen molar-refractivity contribution < 1.29 is 14.6 Å². The van der Waals surface area contributed by atoms with E-state index in [1.165, 1.54) is 0 Å². The molecule has 12 heavy (non-hydrogen) atoms. The Kier molecular flexibility index (Phi) is 2.57. The number of ether oxygens (including phenoxy) is 1. The second-order valence-corrected chi connectivity index (χ2v) is 3.35. The molecule has 0 spiro atoms. The van der Waals surface area contributed by atoms with Crippen molar-refractivity contribution in [1.82, 2.24) is 4.90 Å². The van der Waals surface area contributed by atoms with Crippen LogP contribution in [0.25, 0.3) is 0 Å². The van der Waals surface area contributed by atoms with Crippen molar-refractivity contribution in [2.24, 2.45) is 0 Å². The molecular formula is C8H15NO3. The minimum absolute atomic E-state index is 0.0255. The number of amides is 1. The van der Waals surface area contributed by atoms with Gasteiger partial charge in [0.1, 0.15) is 6.10 Å². The van der Waals surface area contributed by atoms with Crippen molar-refractivity contribution in [3.05, 3.63) is 0 Å². The molecule has 0 aliphatic carbocycles. The van der Waals surface area contributed by atoms with E-state index in [0.717, 1.165) is 0 Å². The SMILES string of the molecule is CC(C)N1C(=O)OC(CO)C1C. The fourth-order valence-electron chi connectivity index (χ4n) is 1.51. The highest BCUT2D eigenvalue weighted by Gasteiger charge is 2.39. The van der Waals surface area contributed by atoms with Gasteiger partial charge in [-0.05, 0) is 20.8 Å². The van der Waals surface area contributed by atoms with Crippen LogP contribution in [0.1, 0.15) is 20.8 Å². The molecule has 0 bridgehead atoms. The number of hydrogen-bond donors (Lipinski definition) is 1. The van der Waals surface area contributed by atoms with Gasteiger partial charge in [-0.15, -0.1) is 0 Å². The molecule has 1 amide bonds. The van der Waals surface area contributed by atoms with Crippen LogP contribution in [-0.4, -0.2) is 40.9 Å². The Hall–Kier alpha value is -0.770. The minimum atomic E-state index is -0.361. The third kappa shape index (κ3) is 1.39. The molecular weight excluding hydrogens is 158 g/mol. The van der Waals surface area contributed by atoms with Gasteiger partial charge in [-0.3, -0.25) is 4.90 Å². The van der Waals surface area contributed by atoms with Crippen molar-refractivity contribution in [3.63, 3.8) is 0 Å². The van der Waals surface area contributed by atoms with E-state index in [1.807, 2.05) is 20.8 Å². The molecule has 70 valence electrons. The van der Waals surface area contributed by atoms with Gasteiger partial charge in [0, 0.05) is 6.04 Å². The van der Waals surface area contributed by atoms with Gasteiger partial charge in [0.15, 0.2) is 0 Å². The van der Waals surface area contributed by atoms with Crippen LogP contribution < -0.4 is 0 Å². The van der Waals surface area contributed by atoms with Gasteiger partial charge in [0.05, 0.1) is 12.6 Å². The third-order valence-corrected chi connectivity index (χ3v) is 2.18. The second kappa shape index (κ2) is 3.31. The number of nitrogens with zero attached hydrogens (tertiary/aromatic N) is 1. The molecule has 1 heterocycles. The molecule has 0 aromatic carbocycles. The predicted octanol–water partition coefficient (Wildman–Crippen LogP) is 0.596. The Balaban J connectivity index is 2.70. The Bertz CT molecular complexity index is 181. The monoisotopic (exact) mass is 173 g/mol. The molecule has 1 N–H and O–H groups in total. The Morgan fingerprint density at radius 1 is 1.67 bits per heavy atom. The molecule has 0 aromatic rings. The van der Waals surface area contributed by atoms with E-state index in [4.69, 9.17) is 9.84 Å². The molecule has 2 unspecified atom stereocenters. The first-order valence-electron chi connectivity index (χ1n) is 4.17. The first-order chi connectivity index (χ1) is 5.57. The zero-order valence-corrected chi connectivity index (χ0v) is 7.65. The lowest BCUT2D eigenvalue weighted by Crippen LogP contribution is -2.39. The molecule has 2 atom stereocenters. The van der Waals surface area contributed by atoms with E-state index in [-0.39, 0.29) is 30.9 Å². The van der Waals surface area contributed by atoms with Crippen molar-refractivity contribution in [2.45, 2.75) is 39.0 Å². The van der Waals surface area contributed by atoms with E-state index in [1.54, 1.807) is 4.90 Å². The van der Waals surface area contributed by atoms with Crippen molar-refractivity contribution in [3.8, 4) is 0 Å². The first kappa shape index (κ1) is 9.32. The fourth-order valence-corrected chi connectivity index (χ4v) is 1.51. The number of carbonyl (C=O) groups is 1. The number of aliphatic hydroxyl groups excluding tert-OH is 1. The van der Waals surface area contributed by atoms with Crippen LogP contribution in [0.2, 0.25) is 0 Å². The highest BCUT2D eigenvalue weighted by Crippen LogP contribution is 2.21. The topological polar surface area (TPSA) is 49.8 Å². The van der Waals surface area contributed by atoms with Gasteiger partial charge < -0.3 is 9.84 Å². The molecule has 1 aliphatic heterocycles. The molecule has 1 rings (SSSR count). The van der Waals surface area contributed by atoms with E-state index in [9.17, 15) is 4.79 Å². The maximum atomic E-state index is 11.2. The Morgan fingerprint density at radius 3 is 2.50 bits per heavy atom. The summed E-state index contributed by atoms with van der Waals surface area (Å²) in [6, 6.07) is 0.103. The van der Waals surface area contributed by atoms with Crippen LogP contribution in [0.15, 0.2) is 0 Å². The lowest BCUT2D eigenvalue weighted by molar-refractivity contribution is 0.0853. The predicted molar refractivity (Wildman–Crippen MR) is 43.8 cm³/mol. The van der Waals surface area contributed by atoms with Gasteiger partial charge in [0.25, 0.3) is 0 Å². The maximum absolute atomic E-state index is 11.2. The Morgan fingerprint density at radius 2 is 2.25 bits per heavy atom. The summed E-state index contributed by atoms with van der Waals surface area (Å²) in [5.41, 5.74) is 0. The first-order valence-corrected chi connectivity index (χ1v) is 4.17. The normalized spacial score (nSPS) is 29.8. The third-order valence-electron chi connectivity index (χ3n) is 2.18. The summed E-state index contributed by atoms with van der Waals surface area (Å²) in [6.45, 7) is 5.64. The molecule has 4 nitrogen and oxygen atoms in total. The van der Waals surface area contributed by atoms with Gasteiger partial charge in [-0.2, -0.15) is 0 Å². The van der Waals surface area contributed by atoms with Crippen LogP contribution in [0, 0.1) is 0 Å². The van der Waals surface area contributed by atoms with Crippen LogP contribution in [0.5, 0.6) is 0 Å². The van der Waals surface area contributed by atoms with Crippen molar-refractivity contribution in [1.29, 1.82) is 0 Å². The zero-order chi connectivity index (χ0) is 9.30. The number of hydrogen-bond acceptors (Lipinski definition) is 3. The van der Waals surface area contributed by atoms with Crippen LogP contribution in [-0.2, 0) is 4.74 Å². The minimum Gasteiger partial charge on any atom is -0.441 e. The molecule has 1 aliphatic rings. The van der Waals surface area contributed by atoms with Crippen molar-refractivity contribution >= 4 is 6.09 Å². The Labute approximate surface area is 72.1 Å². The van der Waals surface area contributed by atoms with Crippen LogP contribution >= 0.6 is 0 Å². The molecule has 0 radical (unpaired) electrons.